The predicted molar refractivity (Wildman–Crippen MR) is 68.2 cm³/mol. The van der Waals surface area contributed by atoms with Crippen LogP contribution in [-0.2, 0) is 0 Å². The number of hydrogen-bond acceptors (Lipinski definition) is 1. The Morgan fingerprint density at radius 2 is 1.60 bits per heavy atom. The van der Waals surface area contributed by atoms with Crippen LogP contribution in [0.2, 0.25) is 0 Å². The van der Waals surface area contributed by atoms with Gasteiger partial charge >= 0.3 is 0 Å². The molecule has 0 radical (unpaired) electrons. The van der Waals surface area contributed by atoms with Crippen LogP contribution in [0.25, 0.3) is 0 Å². The van der Waals surface area contributed by atoms with Crippen molar-refractivity contribution in [1.29, 1.82) is 0 Å². The molecule has 1 aliphatic rings. The molecule has 0 spiro atoms. The smallest absolute Gasteiger partial charge is 0.00135 e. The fraction of sp³-hybridized carbons (Fsp3) is 1.00. The van der Waals surface area contributed by atoms with Crippen LogP contribution in [-0.4, -0.2) is 24.5 Å². The highest BCUT2D eigenvalue weighted by Crippen LogP contribution is 2.40. The van der Waals surface area contributed by atoms with Gasteiger partial charge in [0.1, 0.15) is 0 Å². The van der Waals surface area contributed by atoms with Crippen LogP contribution in [0.15, 0.2) is 0 Å². The zero-order valence-corrected chi connectivity index (χ0v) is 11.0. The molecule has 0 aromatic heterocycles. The van der Waals surface area contributed by atoms with Crippen LogP contribution >= 0.6 is 0 Å². The molecule has 90 valence electrons. The van der Waals surface area contributed by atoms with Crippen LogP contribution in [0, 0.1) is 5.41 Å². The summed E-state index contributed by atoms with van der Waals surface area (Å²) in [6.45, 7) is 10.9. The van der Waals surface area contributed by atoms with Gasteiger partial charge in [0.2, 0.25) is 0 Å². The largest absolute Gasteiger partial charge is 0.304 e. The monoisotopic (exact) mass is 211 g/mol. The molecule has 1 heteroatoms. The quantitative estimate of drug-likeness (QED) is 0.640. The molecule has 0 amide bonds. The average Bonchev–Trinajstić information content (AvgIpc) is 2.28. The molecule has 15 heavy (non-hydrogen) atoms. The van der Waals surface area contributed by atoms with Gasteiger partial charge in [-0.15, -0.1) is 0 Å². The van der Waals surface area contributed by atoms with Crippen LogP contribution in [0.5, 0.6) is 0 Å². The van der Waals surface area contributed by atoms with E-state index in [0.717, 1.165) is 5.41 Å². The summed E-state index contributed by atoms with van der Waals surface area (Å²) in [5.74, 6) is 0. The summed E-state index contributed by atoms with van der Waals surface area (Å²) >= 11 is 0. The minimum atomic E-state index is 0.719. The van der Waals surface area contributed by atoms with E-state index in [4.69, 9.17) is 0 Å². The first-order valence-electron chi connectivity index (χ1n) is 6.98. The predicted octanol–water partition coefficient (Wildman–Crippen LogP) is 4.08. The van der Waals surface area contributed by atoms with Crippen molar-refractivity contribution < 1.29 is 0 Å². The van der Waals surface area contributed by atoms with E-state index in [0.29, 0.717) is 0 Å². The van der Waals surface area contributed by atoms with Gasteiger partial charge in [0, 0.05) is 0 Å². The molecule has 1 rings (SSSR count). The lowest BCUT2D eigenvalue weighted by molar-refractivity contribution is 0.0871. The van der Waals surface area contributed by atoms with Gasteiger partial charge in [0.05, 0.1) is 0 Å². The molecule has 1 fully saturated rings. The summed E-state index contributed by atoms with van der Waals surface area (Å²) in [6.07, 6.45) is 10.0. The number of hydrogen-bond donors (Lipinski definition) is 0. The maximum absolute atomic E-state index is 2.61. The van der Waals surface area contributed by atoms with Crippen molar-refractivity contribution in [2.24, 2.45) is 5.41 Å². The van der Waals surface area contributed by atoms with Crippen LogP contribution in [0.3, 0.4) is 0 Å². The van der Waals surface area contributed by atoms with Gasteiger partial charge in [0.25, 0.3) is 0 Å². The van der Waals surface area contributed by atoms with E-state index in [1.165, 1.54) is 64.6 Å². The van der Waals surface area contributed by atoms with E-state index in [1.807, 2.05) is 0 Å². The Balaban J connectivity index is 2.44. The van der Waals surface area contributed by atoms with Crippen LogP contribution in [0.4, 0.5) is 0 Å². The molecule has 1 saturated heterocycles. The van der Waals surface area contributed by atoms with Crippen molar-refractivity contribution >= 4 is 0 Å². The van der Waals surface area contributed by atoms with Gasteiger partial charge in [-0.2, -0.15) is 0 Å². The second-order valence-corrected chi connectivity index (χ2v) is 5.29. The lowest BCUT2D eigenvalue weighted by atomic mass is 9.71. The lowest BCUT2D eigenvalue weighted by Gasteiger charge is -2.42. The molecule has 0 N–H and O–H groups in total. The third-order valence-electron chi connectivity index (χ3n) is 4.20. The van der Waals surface area contributed by atoms with E-state index < -0.39 is 0 Å². The highest BCUT2D eigenvalue weighted by atomic mass is 15.1. The third-order valence-corrected chi connectivity index (χ3v) is 4.20. The van der Waals surface area contributed by atoms with E-state index in [1.54, 1.807) is 0 Å². The van der Waals surface area contributed by atoms with Crippen molar-refractivity contribution in [2.45, 2.75) is 65.7 Å². The molecule has 0 saturated carbocycles. The zero-order chi connectivity index (χ0) is 11.1. The Morgan fingerprint density at radius 1 is 0.933 bits per heavy atom. The summed E-state index contributed by atoms with van der Waals surface area (Å²) in [5.41, 5.74) is 0.719. The Kier molecular flexibility index (Phi) is 5.66. The van der Waals surface area contributed by atoms with Crippen molar-refractivity contribution in [3.63, 3.8) is 0 Å². The van der Waals surface area contributed by atoms with E-state index >= 15 is 0 Å². The van der Waals surface area contributed by atoms with E-state index in [-0.39, 0.29) is 0 Å². The first-order chi connectivity index (χ1) is 7.26. The van der Waals surface area contributed by atoms with Crippen LogP contribution < -0.4 is 0 Å². The second-order valence-electron chi connectivity index (χ2n) is 5.29. The Hall–Kier alpha value is -0.0400. The van der Waals surface area contributed by atoms with Crippen molar-refractivity contribution in [3.05, 3.63) is 0 Å². The van der Waals surface area contributed by atoms with Crippen molar-refractivity contribution in [1.82, 2.24) is 4.90 Å². The van der Waals surface area contributed by atoms with Crippen molar-refractivity contribution in [2.75, 3.05) is 19.6 Å². The van der Waals surface area contributed by atoms with Crippen molar-refractivity contribution in [3.8, 4) is 0 Å². The fourth-order valence-electron chi connectivity index (χ4n) is 3.05. The number of likely N-dealkylation sites (tertiary alicyclic amines) is 1. The Bertz CT molecular complexity index is 157. The Morgan fingerprint density at radius 3 is 2.07 bits per heavy atom. The summed E-state index contributed by atoms with van der Waals surface area (Å²) in [6, 6.07) is 0. The number of rotatable bonds is 6. The van der Waals surface area contributed by atoms with Gasteiger partial charge < -0.3 is 4.90 Å². The van der Waals surface area contributed by atoms with Gasteiger partial charge in [-0.25, -0.2) is 0 Å². The van der Waals surface area contributed by atoms with Gasteiger partial charge in [-0.05, 0) is 50.7 Å². The summed E-state index contributed by atoms with van der Waals surface area (Å²) in [7, 11) is 0. The minimum Gasteiger partial charge on any atom is -0.304 e. The molecule has 1 aliphatic heterocycles. The Labute approximate surface area is 96.2 Å². The van der Waals surface area contributed by atoms with Crippen LogP contribution in [0.1, 0.15) is 65.7 Å². The third kappa shape index (κ3) is 3.79. The van der Waals surface area contributed by atoms with Gasteiger partial charge in [0.15, 0.2) is 0 Å². The fourth-order valence-corrected chi connectivity index (χ4v) is 3.05. The topological polar surface area (TPSA) is 3.24 Å². The van der Waals surface area contributed by atoms with E-state index in [2.05, 4.69) is 25.7 Å². The summed E-state index contributed by atoms with van der Waals surface area (Å²) in [5, 5.41) is 0. The molecular formula is C14H29N. The van der Waals surface area contributed by atoms with Gasteiger partial charge in [-0.1, -0.05) is 40.0 Å². The first-order valence-corrected chi connectivity index (χ1v) is 6.98. The highest BCUT2D eigenvalue weighted by Gasteiger charge is 2.32. The lowest BCUT2D eigenvalue weighted by Crippen LogP contribution is -2.39. The molecule has 0 aromatic rings. The van der Waals surface area contributed by atoms with Gasteiger partial charge in [-0.3, -0.25) is 0 Å². The minimum absolute atomic E-state index is 0.719. The number of piperidine rings is 1. The zero-order valence-electron chi connectivity index (χ0n) is 11.0. The first kappa shape index (κ1) is 13.0. The SMILES string of the molecule is CCCCC1(CCC)CCN(CC)CC1. The number of nitrogens with zero attached hydrogens (tertiary/aromatic N) is 1. The normalized spacial score (nSPS) is 21.8. The molecular weight excluding hydrogens is 182 g/mol. The highest BCUT2D eigenvalue weighted by molar-refractivity contribution is 4.85. The van der Waals surface area contributed by atoms with E-state index in [9.17, 15) is 0 Å². The molecule has 0 bridgehead atoms. The summed E-state index contributed by atoms with van der Waals surface area (Å²) < 4.78 is 0. The molecule has 0 atom stereocenters. The molecule has 0 aliphatic carbocycles. The molecule has 0 unspecified atom stereocenters. The molecule has 1 heterocycles. The maximum Gasteiger partial charge on any atom is -0.00135 e. The standard InChI is InChI=1S/C14H29N/c1-4-7-9-14(8-5-2)10-12-15(6-3)13-11-14/h4-13H2,1-3H3. The average molecular weight is 211 g/mol. The summed E-state index contributed by atoms with van der Waals surface area (Å²) in [4.78, 5) is 2.61. The number of unbranched alkanes of at least 4 members (excludes halogenated alkanes) is 1. The molecule has 1 nitrogen and oxygen atoms in total. The maximum atomic E-state index is 2.61. The second kappa shape index (κ2) is 6.52. The molecule has 0 aromatic carbocycles.